The van der Waals surface area contributed by atoms with Crippen molar-refractivity contribution >= 4 is 17.4 Å². The van der Waals surface area contributed by atoms with Crippen molar-refractivity contribution < 1.29 is 19.9 Å². The Bertz CT molecular complexity index is 1060. The smallest absolute Gasteiger partial charge is 0.277 e. The van der Waals surface area contributed by atoms with Gasteiger partial charge in [0.1, 0.15) is 11.6 Å². The molecule has 0 aliphatic rings. The summed E-state index contributed by atoms with van der Waals surface area (Å²) >= 11 is 0. The number of nitrogens with one attached hydrogen (secondary N) is 1. The van der Waals surface area contributed by atoms with Gasteiger partial charge in [-0.3, -0.25) is 19.9 Å². The molecule has 142 valence electrons. The number of carbonyl (C=O) groups is 1. The van der Waals surface area contributed by atoms with Gasteiger partial charge in [-0.05, 0) is 19.1 Å². The number of carbonyl (C=O) groups excluding carboxylic acids is 1. The highest BCUT2D eigenvalue weighted by Gasteiger charge is 2.21. The van der Waals surface area contributed by atoms with E-state index in [-0.39, 0.29) is 11.4 Å². The van der Waals surface area contributed by atoms with Crippen LogP contribution in [0.3, 0.4) is 0 Å². The fraction of sp³-hybridized carbons (Fsp3) is 0.111. The molecule has 0 aliphatic carbocycles. The Labute approximate surface area is 158 Å². The average Bonchev–Trinajstić information content (AvgIpc) is 2.65. The van der Waals surface area contributed by atoms with E-state index in [4.69, 9.17) is 0 Å². The number of hydrogen-bond acceptors (Lipinski definition) is 8. The number of aromatic hydroxyl groups is 2. The molecular weight excluding hydrogens is 366 g/mol. The molecule has 0 saturated carbocycles. The van der Waals surface area contributed by atoms with Crippen molar-refractivity contribution in [2.75, 3.05) is 5.32 Å². The fourth-order valence-electron chi connectivity index (χ4n) is 2.57. The molecule has 0 aliphatic heterocycles. The van der Waals surface area contributed by atoms with Crippen LogP contribution in [0.2, 0.25) is 0 Å². The van der Waals surface area contributed by atoms with E-state index in [1.54, 1.807) is 37.6 Å². The molecule has 0 bridgehead atoms. The van der Waals surface area contributed by atoms with Crippen LogP contribution < -0.4 is 5.32 Å². The Morgan fingerprint density at radius 1 is 1.25 bits per heavy atom. The van der Waals surface area contributed by atoms with Gasteiger partial charge in [-0.1, -0.05) is 6.07 Å². The predicted molar refractivity (Wildman–Crippen MR) is 98.8 cm³/mol. The SMILES string of the molecule is Cc1ncc(-c2cccnc2)c(NC(=O)Cc2cc(O)c(O)cc2[N+](=O)[O-])n1. The molecule has 3 aromatic rings. The van der Waals surface area contributed by atoms with E-state index in [0.717, 1.165) is 12.1 Å². The highest BCUT2D eigenvalue weighted by molar-refractivity contribution is 5.95. The Balaban J connectivity index is 1.90. The number of benzene rings is 1. The second-order valence-corrected chi connectivity index (χ2v) is 5.87. The first kappa shape index (κ1) is 18.7. The molecule has 0 fully saturated rings. The predicted octanol–water partition coefficient (Wildman–Crippen LogP) is 2.35. The van der Waals surface area contributed by atoms with Crippen LogP contribution in [-0.4, -0.2) is 36.0 Å². The first-order chi connectivity index (χ1) is 13.3. The van der Waals surface area contributed by atoms with Crippen LogP contribution in [-0.2, 0) is 11.2 Å². The van der Waals surface area contributed by atoms with E-state index >= 15 is 0 Å². The maximum atomic E-state index is 12.5. The summed E-state index contributed by atoms with van der Waals surface area (Å²) in [4.78, 5) is 35.3. The van der Waals surface area contributed by atoms with Gasteiger partial charge < -0.3 is 15.5 Å². The Kier molecular flexibility index (Phi) is 5.12. The largest absolute Gasteiger partial charge is 0.504 e. The van der Waals surface area contributed by atoms with E-state index in [1.165, 1.54) is 0 Å². The van der Waals surface area contributed by atoms with Crippen LogP contribution in [0.15, 0.2) is 42.9 Å². The molecule has 3 rings (SSSR count). The third-order valence-corrected chi connectivity index (χ3v) is 3.86. The number of aryl methyl sites for hydroxylation is 1. The maximum Gasteiger partial charge on any atom is 0.277 e. The van der Waals surface area contributed by atoms with Crippen LogP contribution in [0.4, 0.5) is 11.5 Å². The lowest BCUT2D eigenvalue weighted by molar-refractivity contribution is -0.385. The summed E-state index contributed by atoms with van der Waals surface area (Å²) < 4.78 is 0. The van der Waals surface area contributed by atoms with Crippen LogP contribution in [0.5, 0.6) is 11.5 Å². The lowest BCUT2D eigenvalue weighted by Gasteiger charge is -2.11. The molecular formula is C18H15N5O5. The van der Waals surface area contributed by atoms with Crippen LogP contribution in [0, 0.1) is 17.0 Å². The van der Waals surface area contributed by atoms with Gasteiger partial charge in [0, 0.05) is 35.3 Å². The quantitative estimate of drug-likeness (QED) is 0.346. The molecule has 0 radical (unpaired) electrons. The second-order valence-electron chi connectivity index (χ2n) is 5.87. The van der Waals surface area contributed by atoms with Crippen LogP contribution in [0.1, 0.15) is 11.4 Å². The molecule has 28 heavy (non-hydrogen) atoms. The Hall–Kier alpha value is -4.08. The van der Waals surface area contributed by atoms with Crippen molar-refractivity contribution in [1.29, 1.82) is 0 Å². The molecule has 0 unspecified atom stereocenters. The summed E-state index contributed by atoms with van der Waals surface area (Å²) in [5, 5.41) is 32.8. The third-order valence-electron chi connectivity index (χ3n) is 3.86. The Morgan fingerprint density at radius 2 is 2.00 bits per heavy atom. The van der Waals surface area contributed by atoms with Gasteiger partial charge in [0.15, 0.2) is 11.5 Å². The zero-order chi connectivity index (χ0) is 20.3. The van der Waals surface area contributed by atoms with Crippen molar-refractivity contribution in [2.24, 2.45) is 0 Å². The molecule has 1 amide bonds. The molecule has 0 saturated heterocycles. The lowest BCUT2D eigenvalue weighted by Crippen LogP contribution is -2.17. The number of amides is 1. The van der Waals surface area contributed by atoms with Gasteiger partial charge in [0.25, 0.3) is 5.69 Å². The highest BCUT2D eigenvalue weighted by atomic mass is 16.6. The molecule has 10 nitrogen and oxygen atoms in total. The minimum absolute atomic E-state index is 0.0495. The second kappa shape index (κ2) is 7.66. The highest BCUT2D eigenvalue weighted by Crippen LogP contribution is 2.33. The molecule has 10 heteroatoms. The van der Waals surface area contributed by atoms with Gasteiger partial charge in [-0.15, -0.1) is 0 Å². The van der Waals surface area contributed by atoms with Gasteiger partial charge >= 0.3 is 0 Å². The summed E-state index contributed by atoms with van der Waals surface area (Å²) in [6.45, 7) is 1.66. The third kappa shape index (κ3) is 4.01. The topological polar surface area (TPSA) is 151 Å². The summed E-state index contributed by atoms with van der Waals surface area (Å²) in [6.07, 6.45) is 4.34. The molecule has 2 heterocycles. The molecule has 0 spiro atoms. The van der Waals surface area contributed by atoms with Gasteiger partial charge in [-0.25, -0.2) is 9.97 Å². The number of phenols is 2. The normalized spacial score (nSPS) is 10.5. The molecule has 0 atom stereocenters. The summed E-state index contributed by atoms with van der Waals surface area (Å²) in [5.74, 6) is -1.12. The summed E-state index contributed by atoms with van der Waals surface area (Å²) in [5.41, 5.74) is 0.699. The van der Waals surface area contributed by atoms with E-state index in [2.05, 4.69) is 20.3 Å². The van der Waals surface area contributed by atoms with Gasteiger partial charge in [0.2, 0.25) is 5.91 Å². The fourth-order valence-corrected chi connectivity index (χ4v) is 2.57. The average molecular weight is 381 g/mol. The number of nitro benzene ring substituents is 1. The first-order valence-electron chi connectivity index (χ1n) is 8.08. The zero-order valence-electron chi connectivity index (χ0n) is 14.7. The number of nitro groups is 1. The van der Waals surface area contributed by atoms with Crippen LogP contribution >= 0.6 is 0 Å². The van der Waals surface area contributed by atoms with Crippen molar-refractivity contribution in [3.63, 3.8) is 0 Å². The van der Waals surface area contributed by atoms with E-state index in [9.17, 15) is 25.1 Å². The number of nitrogens with zero attached hydrogens (tertiary/aromatic N) is 4. The maximum absolute atomic E-state index is 12.5. The number of rotatable bonds is 5. The van der Waals surface area contributed by atoms with Gasteiger partial charge in [-0.2, -0.15) is 0 Å². The number of anilines is 1. The van der Waals surface area contributed by atoms with Crippen LogP contribution in [0.25, 0.3) is 11.1 Å². The lowest BCUT2D eigenvalue weighted by atomic mass is 10.1. The zero-order valence-corrected chi connectivity index (χ0v) is 14.7. The number of phenolic OH excluding ortho intramolecular Hbond substituents is 2. The monoisotopic (exact) mass is 381 g/mol. The minimum atomic E-state index is -0.738. The number of hydrogen-bond donors (Lipinski definition) is 3. The standard InChI is InChI=1S/C18H15N5O5/c1-10-20-9-13(11-3-2-4-19-8-11)18(21-10)22-17(26)6-12-5-15(24)16(25)7-14(12)23(27)28/h2-5,7-9,24-25H,6H2,1H3,(H,20,21,22,26). The van der Waals surface area contributed by atoms with Crippen molar-refractivity contribution in [3.8, 4) is 22.6 Å². The van der Waals surface area contributed by atoms with E-state index in [1.807, 2.05) is 0 Å². The summed E-state index contributed by atoms with van der Waals surface area (Å²) in [7, 11) is 0. The first-order valence-corrected chi connectivity index (χ1v) is 8.08. The van der Waals surface area contributed by atoms with Crippen molar-refractivity contribution in [3.05, 3.63) is 64.4 Å². The van der Waals surface area contributed by atoms with Crippen molar-refractivity contribution in [1.82, 2.24) is 15.0 Å². The molecule has 2 aromatic heterocycles. The minimum Gasteiger partial charge on any atom is -0.504 e. The molecule has 3 N–H and O–H groups in total. The number of aromatic nitrogens is 3. The van der Waals surface area contributed by atoms with Crippen molar-refractivity contribution in [2.45, 2.75) is 13.3 Å². The van der Waals surface area contributed by atoms with E-state index in [0.29, 0.717) is 17.0 Å². The summed E-state index contributed by atoms with van der Waals surface area (Å²) in [6, 6.07) is 5.29. The number of pyridine rings is 1. The van der Waals surface area contributed by atoms with Gasteiger partial charge in [0.05, 0.1) is 17.4 Å². The Morgan fingerprint density at radius 3 is 2.68 bits per heavy atom. The van der Waals surface area contributed by atoms with E-state index < -0.39 is 34.4 Å². The molecule has 1 aromatic carbocycles.